The van der Waals surface area contributed by atoms with E-state index in [1.54, 1.807) is 42.5 Å². The maximum atomic E-state index is 11.1. The quantitative estimate of drug-likeness (QED) is 0.756. The fourth-order valence-electron chi connectivity index (χ4n) is 1.70. The van der Waals surface area contributed by atoms with Crippen LogP contribution in [0.15, 0.2) is 59.5 Å². The number of aromatic carboxylic acids is 1. The Morgan fingerprint density at radius 3 is 2.00 bits per heavy atom. The molecule has 0 saturated carbocycles. The van der Waals surface area contributed by atoms with E-state index in [9.17, 15) is 18.0 Å². The zero-order chi connectivity index (χ0) is 15.5. The molecule has 1 heterocycles. The molecule has 110 valence electrons. The molecule has 3 rings (SSSR count). The molecule has 0 aromatic heterocycles. The number of carbonyl (C=O) groups excluding carboxylic acids is 1. The van der Waals surface area contributed by atoms with Crippen LogP contribution in [0.4, 0.5) is 0 Å². The molecule has 8 heteroatoms. The van der Waals surface area contributed by atoms with Crippen molar-refractivity contribution < 1.29 is 23.1 Å². The summed E-state index contributed by atoms with van der Waals surface area (Å²) < 4.78 is 24.2. The Bertz CT molecular complexity index is 790. The molecular weight excluding hydrogens is 317 g/mol. The van der Waals surface area contributed by atoms with Gasteiger partial charge in [0.15, 0.2) is 0 Å². The zero-order valence-corrected chi connectivity index (χ0v) is 11.5. The van der Waals surface area contributed by atoms with Gasteiger partial charge in [0, 0.05) is 0 Å². The van der Waals surface area contributed by atoms with Crippen LogP contribution in [-0.4, -0.2) is 55.0 Å². The van der Waals surface area contributed by atoms with Crippen molar-refractivity contribution in [1.29, 1.82) is 0 Å². The third kappa shape index (κ3) is 4.17. The second-order valence-electron chi connectivity index (χ2n) is 4.10. The molecule has 1 aliphatic rings. The van der Waals surface area contributed by atoms with E-state index >= 15 is 0 Å². The number of carboxylic acid groups (broad SMARTS) is 1. The summed E-state index contributed by atoms with van der Waals surface area (Å²) in [6.07, 6.45) is 0. The Morgan fingerprint density at radius 1 is 0.955 bits per heavy atom. The molecule has 2 N–H and O–H groups in total. The first-order chi connectivity index (χ1) is 9.92. The van der Waals surface area contributed by atoms with Gasteiger partial charge in [-0.2, -0.15) is 0 Å². The van der Waals surface area contributed by atoms with Crippen molar-refractivity contribution in [2.45, 2.75) is 4.90 Å². The molecule has 22 heavy (non-hydrogen) atoms. The summed E-state index contributed by atoms with van der Waals surface area (Å²) in [4.78, 5) is 21.3. The van der Waals surface area contributed by atoms with E-state index in [1.165, 1.54) is 12.1 Å². The van der Waals surface area contributed by atoms with E-state index in [4.69, 9.17) is 5.11 Å². The molecule has 0 spiro atoms. The van der Waals surface area contributed by atoms with Crippen LogP contribution in [0.2, 0.25) is 0 Å². The van der Waals surface area contributed by atoms with E-state index in [1.807, 2.05) is 4.72 Å². The minimum absolute atomic E-state index is 0. The number of fused-ring (bicyclic) bond motifs is 1. The molecule has 0 bridgehead atoms. The fraction of sp³-hybridized carbons (Fsp3) is 0. The van der Waals surface area contributed by atoms with Crippen LogP contribution in [0, 0.1) is 0 Å². The van der Waals surface area contributed by atoms with Crippen molar-refractivity contribution in [3.63, 3.8) is 0 Å². The first kappa shape index (κ1) is 18.4. The van der Waals surface area contributed by atoms with Gasteiger partial charge in [0.1, 0.15) is 4.90 Å². The Morgan fingerprint density at radius 2 is 1.50 bits per heavy atom. The van der Waals surface area contributed by atoms with Crippen LogP contribution in [0.1, 0.15) is 20.7 Å². The molecule has 0 fully saturated rings. The third-order valence-corrected chi connectivity index (χ3v) is 4.06. The standard InChI is InChI=1S/C7H5NO3S.C7H6O2.Na.H/c9-7-5-3-1-2-4-6(5)12(10,11)8-7;8-7(9)6-4-2-1-3-5-6;;/h1-4H,(H,8,9);1-5H,(H,8,9);;. The van der Waals surface area contributed by atoms with Crippen molar-refractivity contribution in [3.8, 4) is 0 Å². The van der Waals surface area contributed by atoms with Crippen molar-refractivity contribution in [2.24, 2.45) is 0 Å². The molecule has 0 radical (unpaired) electrons. The van der Waals surface area contributed by atoms with Gasteiger partial charge in [0.2, 0.25) is 0 Å². The molecular formula is C14H12NNaO5S. The predicted octanol–water partition coefficient (Wildman–Crippen LogP) is 0.855. The first-order valence-corrected chi connectivity index (χ1v) is 7.34. The van der Waals surface area contributed by atoms with Gasteiger partial charge in [0.05, 0.1) is 11.1 Å². The number of hydrogen-bond donors (Lipinski definition) is 2. The Balaban J connectivity index is 0.000000219. The summed E-state index contributed by atoms with van der Waals surface area (Å²) in [6, 6.07) is 14.4. The Labute approximate surface area is 149 Å². The van der Waals surface area contributed by atoms with Crippen molar-refractivity contribution in [2.75, 3.05) is 0 Å². The molecule has 1 aliphatic heterocycles. The van der Waals surface area contributed by atoms with E-state index in [-0.39, 0.29) is 40.0 Å². The summed E-state index contributed by atoms with van der Waals surface area (Å²) >= 11 is 0. The summed E-state index contributed by atoms with van der Waals surface area (Å²) in [5.74, 6) is -1.43. The van der Waals surface area contributed by atoms with Gasteiger partial charge in [-0.25, -0.2) is 17.9 Å². The SMILES string of the molecule is O=C(O)c1ccccc1.O=C1NS(=O)(=O)c2ccccc21.[NaH]. The van der Waals surface area contributed by atoms with Gasteiger partial charge < -0.3 is 5.11 Å². The summed E-state index contributed by atoms with van der Waals surface area (Å²) in [6.45, 7) is 0. The van der Waals surface area contributed by atoms with Gasteiger partial charge >= 0.3 is 35.5 Å². The number of benzene rings is 2. The fourth-order valence-corrected chi connectivity index (χ4v) is 2.87. The molecule has 0 atom stereocenters. The topological polar surface area (TPSA) is 101 Å². The van der Waals surface area contributed by atoms with E-state index in [0.29, 0.717) is 5.56 Å². The van der Waals surface area contributed by atoms with Gasteiger partial charge in [-0.15, -0.1) is 0 Å². The number of carbonyl (C=O) groups is 2. The summed E-state index contributed by atoms with van der Waals surface area (Å²) in [7, 11) is -3.55. The number of carboxylic acids is 1. The minimum atomic E-state index is -3.55. The van der Waals surface area contributed by atoms with E-state index in [0.717, 1.165) is 0 Å². The molecule has 2 aromatic rings. The number of hydrogen-bond acceptors (Lipinski definition) is 4. The average Bonchev–Trinajstić information content (AvgIpc) is 2.71. The zero-order valence-electron chi connectivity index (χ0n) is 10.7. The average molecular weight is 329 g/mol. The van der Waals surface area contributed by atoms with Crippen LogP contribution in [0.5, 0.6) is 0 Å². The summed E-state index contributed by atoms with van der Waals surface area (Å²) in [5, 5.41) is 8.38. The van der Waals surface area contributed by atoms with Crippen LogP contribution in [0.25, 0.3) is 0 Å². The number of sulfonamides is 1. The molecule has 0 unspecified atom stereocenters. The van der Waals surface area contributed by atoms with Gasteiger partial charge in [-0.3, -0.25) is 4.79 Å². The second-order valence-corrected chi connectivity index (χ2v) is 5.75. The molecule has 1 amide bonds. The van der Waals surface area contributed by atoms with E-state index < -0.39 is 21.9 Å². The monoisotopic (exact) mass is 329 g/mol. The molecule has 0 saturated heterocycles. The van der Waals surface area contributed by atoms with Crippen molar-refractivity contribution in [3.05, 3.63) is 65.7 Å². The Kier molecular flexibility index (Phi) is 6.31. The van der Waals surface area contributed by atoms with Crippen molar-refractivity contribution in [1.82, 2.24) is 4.72 Å². The van der Waals surface area contributed by atoms with Crippen LogP contribution in [0.3, 0.4) is 0 Å². The maximum absolute atomic E-state index is 11.1. The van der Waals surface area contributed by atoms with Gasteiger partial charge in [-0.1, -0.05) is 30.3 Å². The van der Waals surface area contributed by atoms with E-state index in [2.05, 4.69) is 0 Å². The van der Waals surface area contributed by atoms with Crippen LogP contribution >= 0.6 is 0 Å². The second kappa shape index (κ2) is 7.55. The van der Waals surface area contributed by atoms with Gasteiger partial charge in [-0.05, 0) is 24.3 Å². The molecule has 6 nitrogen and oxygen atoms in total. The number of nitrogens with one attached hydrogen (secondary N) is 1. The third-order valence-electron chi connectivity index (χ3n) is 2.67. The first-order valence-electron chi connectivity index (χ1n) is 5.86. The molecule has 0 aliphatic carbocycles. The van der Waals surface area contributed by atoms with Gasteiger partial charge in [0.25, 0.3) is 15.9 Å². The Hall–Kier alpha value is -1.67. The number of amides is 1. The van der Waals surface area contributed by atoms with Crippen LogP contribution in [-0.2, 0) is 10.0 Å². The number of rotatable bonds is 1. The van der Waals surface area contributed by atoms with Crippen molar-refractivity contribution >= 4 is 51.5 Å². The molecule has 2 aromatic carbocycles. The predicted molar refractivity (Wildman–Crippen MR) is 81.6 cm³/mol. The normalized spacial score (nSPS) is 13.7. The summed E-state index contributed by atoms with van der Waals surface area (Å²) in [5.41, 5.74) is 0.551. The van der Waals surface area contributed by atoms with Crippen LogP contribution < -0.4 is 4.72 Å².